The minimum absolute atomic E-state index is 0.443. The van der Waals surface area contributed by atoms with Gasteiger partial charge < -0.3 is 0 Å². The molecule has 0 fully saturated rings. The van der Waals surface area contributed by atoms with Crippen LogP contribution >= 0.6 is 0 Å². The predicted molar refractivity (Wildman–Crippen MR) is 84.8 cm³/mol. The van der Waals surface area contributed by atoms with Gasteiger partial charge in [-0.25, -0.2) is 5.48 Å². The first kappa shape index (κ1) is 14.2. The van der Waals surface area contributed by atoms with Crippen molar-refractivity contribution in [1.82, 2.24) is 10.5 Å². The van der Waals surface area contributed by atoms with Crippen LogP contribution in [0.25, 0.3) is 10.9 Å². The van der Waals surface area contributed by atoms with Crippen molar-refractivity contribution in [3.63, 3.8) is 0 Å². The third kappa shape index (κ3) is 2.97. The summed E-state index contributed by atoms with van der Waals surface area (Å²) >= 11 is 0. The topological polar surface area (TPSA) is 62.2 Å². The first-order valence-corrected chi connectivity index (χ1v) is 7.14. The van der Waals surface area contributed by atoms with E-state index in [4.69, 9.17) is 5.21 Å². The maximum absolute atomic E-state index is 11.3. The van der Waals surface area contributed by atoms with Crippen LogP contribution in [0.15, 0.2) is 60.8 Å². The molecule has 2 N–H and O–H groups in total. The quantitative estimate of drug-likeness (QED) is 0.573. The summed E-state index contributed by atoms with van der Waals surface area (Å²) in [7, 11) is 0. The molecule has 1 amide bonds. The number of amides is 1. The molecule has 0 aliphatic carbocycles. The Kier molecular flexibility index (Phi) is 4.12. The van der Waals surface area contributed by atoms with Gasteiger partial charge in [0, 0.05) is 17.1 Å². The standard InChI is InChI=1S/C18H16N2O2/c21-18(20-22)16-10-7-13(8-11-16)6-9-15-4-1-3-14-5-2-12-19-17(14)15/h1-5,7-8,10-12,22H,6,9H2,(H,20,21). The Balaban J connectivity index is 1.75. The van der Waals surface area contributed by atoms with Gasteiger partial charge >= 0.3 is 0 Å². The van der Waals surface area contributed by atoms with Crippen molar-refractivity contribution < 1.29 is 10.0 Å². The number of fused-ring (bicyclic) bond motifs is 1. The molecular weight excluding hydrogens is 276 g/mol. The second-order valence-electron chi connectivity index (χ2n) is 5.13. The number of carbonyl (C=O) groups excluding carboxylic acids is 1. The van der Waals surface area contributed by atoms with Crippen LogP contribution in [0.5, 0.6) is 0 Å². The number of rotatable bonds is 4. The normalized spacial score (nSPS) is 10.6. The van der Waals surface area contributed by atoms with Crippen LogP contribution in [0.1, 0.15) is 21.5 Å². The molecule has 22 heavy (non-hydrogen) atoms. The minimum atomic E-state index is -0.496. The van der Waals surface area contributed by atoms with E-state index in [1.807, 2.05) is 30.5 Å². The summed E-state index contributed by atoms with van der Waals surface area (Å²) in [6, 6.07) is 17.5. The number of benzene rings is 2. The van der Waals surface area contributed by atoms with E-state index in [0.717, 1.165) is 29.3 Å². The number of aromatic nitrogens is 1. The lowest BCUT2D eigenvalue weighted by Crippen LogP contribution is -2.18. The Morgan fingerprint density at radius 2 is 1.77 bits per heavy atom. The Morgan fingerprint density at radius 3 is 2.55 bits per heavy atom. The zero-order chi connectivity index (χ0) is 15.4. The molecule has 0 atom stereocenters. The number of carbonyl (C=O) groups is 1. The Morgan fingerprint density at radius 1 is 1.00 bits per heavy atom. The highest BCUT2D eigenvalue weighted by molar-refractivity contribution is 5.93. The van der Waals surface area contributed by atoms with Crippen molar-refractivity contribution in [2.24, 2.45) is 0 Å². The van der Waals surface area contributed by atoms with Crippen molar-refractivity contribution >= 4 is 16.8 Å². The van der Waals surface area contributed by atoms with Crippen LogP contribution in [0, 0.1) is 0 Å². The Bertz CT molecular complexity index is 792. The molecule has 4 nitrogen and oxygen atoms in total. The van der Waals surface area contributed by atoms with E-state index in [-0.39, 0.29) is 0 Å². The molecule has 4 heteroatoms. The van der Waals surface area contributed by atoms with Gasteiger partial charge in [-0.05, 0) is 42.2 Å². The van der Waals surface area contributed by atoms with Crippen LogP contribution < -0.4 is 5.48 Å². The van der Waals surface area contributed by atoms with Gasteiger partial charge in [0.2, 0.25) is 0 Å². The molecule has 3 aromatic rings. The summed E-state index contributed by atoms with van der Waals surface area (Å²) in [5.41, 5.74) is 5.48. The molecule has 0 aliphatic rings. The summed E-state index contributed by atoms with van der Waals surface area (Å²) in [5, 5.41) is 9.75. The van der Waals surface area contributed by atoms with E-state index in [9.17, 15) is 4.79 Å². The number of nitrogens with one attached hydrogen (secondary N) is 1. The van der Waals surface area contributed by atoms with Gasteiger partial charge in [-0.15, -0.1) is 0 Å². The van der Waals surface area contributed by atoms with Gasteiger partial charge in [-0.1, -0.05) is 36.4 Å². The van der Waals surface area contributed by atoms with Crippen LogP contribution in [0.3, 0.4) is 0 Å². The Hall–Kier alpha value is -2.72. The predicted octanol–water partition coefficient (Wildman–Crippen LogP) is 3.14. The largest absolute Gasteiger partial charge is 0.288 e. The highest BCUT2D eigenvalue weighted by Gasteiger charge is 2.05. The van der Waals surface area contributed by atoms with Crippen LogP contribution in [-0.2, 0) is 12.8 Å². The van der Waals surface area contributed by atoms with Gasteiger partial charge in [0.25, 0.3) is 5.91 Å². The number of aryl methyl sites for hydroxylation is 2. The lowest BCUT2D eigenvalue weighted by Gasteiger charge is -2.06. The number of para-hydroxylation sites is 1. The maximum Gasteiger partial charge on any atom is 0.274 e. The van der Waals surface area contributed by atoms with Gasteiger partial charge in [0.1, 0.15) is 0 Å². The van der Waals surface area contributed by atoms with Gasteiger partial charge in [0.15, 0.2) is 0 Å². The van der Waals surface area contributed by atoms with E-state index < -0.39 is 5.91 Å². The van der Waals surface area contributed by atoms with E-state index in [1.54, 1.807) is 17.6 Å². The fourth-order valence-corrected chi connectivity index (χ4v) is 2.54. The van der Waals surface area contributed by atoms with Gasteiger partial charge in [-0.2, -0.15) is 0 Å². The summed E-state index contributed by atoms with van der Waals surface area (Å²) in [4.78, 5) is 15.7. The van der Waals surface area contributed by atoms with Gasteiger partial charge in [-0.3, -0.25) is 15.0 Å². The molecule has 1 heterocycles. The third-order valence-electron chi connectivity index (χ3n) is 3.72. The molecule has 110 valence electrons. The second kappa shape index (κ2) is 6.37. The van der Waals surface area contributed by atoms with Crippen molar-refractivity contribution in [3.05, 3.63) is 77.5 Å². The molecule has 3 rings (SSSR count). The molecular formula is C18H16N2O2. The van der Waals surface area contributed by atoms with Crippen LogP contribution in [0.2, 0.25) is 0 Å². The van der Waals surface area contributed by atoms with E-state index >= 15 is 0 Å². The summed E-state index contributed by atoms with van der Waals surface area (Å²) in [5.74, 6) is -0.496. The molecule has 2 aromatic carbocycles. The van der Waals surface area contributed by atoms with Crippen LogP contribution in [0.4, 0.5) is 0 Å². The monoisotopic (exact) mass is 292 g/mol. The molecule has 0 saturated carbocycles. The lowest BCUT2D eigenvalue weighted by atomic mass is 10.0. The number of pyridine rings is 1. The lowest BCUT2D eigenvalue weighted by molar-refractivity contribution is 0.0706. The minimum Gasteiger partial charge on any atom is -0.288 e. The zero-order valence-electron chi connectivity index (χ0n) is 12.0. The average Bonchev–Trinajstić information content (AvgIpc) is 2.59. The molecule has 0 bridgehead atoms. The van der Waals surface area contributed by atoms with E-state index in [1.165, 1.54) is 5.56 Å². The maximum atomic E-state index is 11.3. The fourth-order valence-electron chi connectivity index (χ4n) is 2.54. The Labute approximate surface area is 128 Å². The average molecular weight is 292 g/mol. The smallest absolute Gasteiger partial charge is 0.274 e. The summed E-state index contributed by atoms with van der Waals surface area (Å²) in [6.45, 7) is 0. The SMILES string of the molecule is O=C(NO)c1ccc(CCc2cccc3cccnc23)cc1. The van der Waals surface area contributed by atoms with Crippen LogP contribution in [-0.4, -0.2) is 16.1 Å². The molecule has 1 aromatic heterocycles. The molecule has 0 saturated heterocycles. The van der Waals surface area contributed by atoms with Crippen molar-refractivity contribution in [2.75, 3.05) is 0 Å². The van der Waals surface area contributed by atoms with E-state index in [0.29, 0.717) is 5.56 Å². The summed E-state index contributed by atoms with van der Waals surface area (Å²) in [6.07, 6.45) is 3.57. The highest BCUT2D eigenvalue weighted by atomic mass is 16.5. The number of hydroxylamine groups is 1. The first-order valence-electron chi connectivity index (χ1n) is 7.14. The highest BCUT2D eigenvalue weighted by Crippen LogP contribution is 2.18. The number of nitrogens with zero attached hydrogens (tertiary/aromatic N) is 1. The third-order valence-corrected chi connectivity index (χ3v) is 3.72. The fraction of sp³-hybridized carbons (Fsp3) is 0.111. The second-order valence-corrected chi connectivity index (χ2v) is 5.13. The van der Waals surface area contributed by atoms with Gasteiger partial charge in [0.05, 0.1) is 5.52 Å². The van der Waals surface area contributed by atoms with Crippen molar-refractivity contribution in [1.29, 1.82) is 0 Å². The number of hydrogen-bond acceptors (Lipinski definition) is 3. The zero-order valence-corrected chi connectivity index (χ0v) is 12.0. The number of hydrogen-bond donors (Lipinski definition) is 2. The molecule has 0 radical (unpaired) electrons. The molecule has 0 spiro atoms. The molecule has 0 unspecified atom stereocenters. The van der Waals surface area contributed by atoms with E-state index in [2.05, 4.69) is 23.2 Å². The van der Waals surface area contributed by atoms with Crippen molar-refractivity contribution in [2.45, 2.75) is 12.8 Å². The first-order chi connectivity index (χ1) is 10.8. The summed E-state index contributed by atoms with van der Waals surface area (Å²) < 4.78 is 0. The molecule has 0 aliphatic heterocycles. The van der Waals surface area contributed by atoms with Crippen molar-refractivity contribution in [3.8, 4) is 0 Å².